The Labute approximate surface area is 82.8 Å². The maximum absolute atomic E-state index is 4.94. The van der Waals surface area contributed by atoms with Gasteiger partial charge in [0.15, 0.2) is 0 Å². The van der Waals surface area contributed by atoms with E-state index in [2.05, 4.69) is 23.1 Å². The molecular formula is C11H12N2O. The maximum atomic E-state index is 4.94. The minimum Gasteiger partial charge on any atom is -0.339 e. The fourth-order valence-electron chi connectivity index (χ4n) is 1.47. The normalized spacial score (nSPS) is 10.5. The molecule has 1 aromatic heterocycles. The summed E-state index contributed by atoms with van der Waals surface area (Å²) in [6.07, 6.45) is 0. The van der Waals surface area contributed by atoms with Gasteiger partial charge in [-0.05, 0) is 19.4 Å². The molecule has 0 radical (unpaired) electrons. The van der Waals surface area contributed by atoms with Crippen molar-refractivity contribution in [1.82, 2.24) is 10.1 Å². The van der Waals surface area contributed by atoms with Crippen molar-refractivity contribution < 1.29 is 4.52 Å². The van der Waals surface area contributed by atoms with Crippen LogP contribution in [-0.4, -0.2) is 10.1 Å². The Morgan fingerprint density at radius 1 is 1.14 bits per heavy atom. The van der Waals surface area contributed by atoms with Gasteiger partial charge in [-0.15, -0.1) is 0 Å². The van der Waals surface area contributed by atoms with Crippen molar-refractivity contribution in [2.45, 2.75) is 20.8 Å². The van der Waals surface area contributed by atoms with Gasteiger partial charge in [-0.1, -0.05) is 28.9 Å². The van der Waals surface area contributed by atoms with Gasteiger partial charge in [0.25, 0.3) is 0 Å². The minimum absolute atomic E-state index is 0.597. The van der Waals surface area contributed by atoms with Gasteiger partial charge in [-0.3, -0.25) is 0 Å². The van der Waals surface area contributed by atoms with Crippen LogP contribution in [0.15, 0.2) is 22.7 Å². The zero-order valence-electron chi connectivity index (χ0n) is 8.53. The number of hydrogen-bond donors (Lipinski definition) is 0. The number of nitrogens with zero attached hydrogens (tertiary/aromatic N) is 2. The molecule has 0 aliphatic heterocycles. The molecule has 0 saturated heterocycles. The van der Waals surface area contributed by atoms with E-state index in [1.165, 1.54) is 11.1 Å². The van der Waals surface area contributed by atoms with Crippen LogP contribution in [-0.2, 0) is 0 Å². The van der Waals surface area contributed by atoms with Crippen molar-refractivity contribution in [2.75, 3.05) is 0 Å². The molecule has 0 N–H and O–H groups in total. The predicted molar refractivity (Wildman–Crippen MR) is 53.9 cm³/mol. The molecule has 3 heteroatoms. The zero-order chi connectivity index (χ0) is 10.1. The second kappa shape index (κ2) is 3.25. The molecule has 0 fully saturated rings. The van der Waals surface area contributed by atoms with E-state index >= 15 is 0 Å². The molecular weight excluding hydrogens is 176 g/mol. The van der Waals surface area contributed by atoms with Crippen molar-refractivity contribution in [1.29, 1.82) is 0 Å². The maximum Gasteiger partial charge on any atom is 0.223 e. The third-order valence-corrected chi connectivity index (χ3v) is 2.15. The minimum atomic E-state index is 0.597. The highest BCUT2D eigenvalue weighted by Crippen LogP contribution is 2.20. The summed E-state index contributed by atoms with van der Waals surface area (Å²) in [5.41, 5.74) is 3.45. The van der Waals surface area contributed by atoms with Gasteiger partial charge < -0.3 is 4.52 Å². The summed E-state index contributed by atoms with van der Waals surface area (Å²) < 4.78 is 4.94. The second-order valence-electron chi connectivity index (χ2n) is 3.46. The fourth-order valence-corrected chi connectivity index (χ4v) is 1.47. The van der Waals surface area contributed by atoms with E-state index in [0.29, 0.717) is 11.7 Å². The molecule has 0 bridgehead atoms. The van der Waals surface area contributed by atoms with Gasteiger partial charge in [-0.2, -0.15) is 4.98 Å². The van der Waals surface area contributed by atoms with Crippen molar-refractivity contribution in [3.05, 3.63) is 35.2 Å². The molecule has 0 unspecified atom stereocenters. The molecule has 0 saturated carbocycles. The molecule has 1 heterocycles. The van der Waals surface area contributed by atoms with Crippen molar-refractivity contribution in [3.63, 3.8) is 0 Å². The van der Waals surface area contributed by atoms with Crippen LogP contribution >= 0.6 is 0 Å². The molecule has 0 amide bonds. The van der Waals surface area contributed by atoms with Gasteiger partial charge in [0.2, 0.25) is 11.7 Å². The Balaban J connectivity index is 2.52. The number of hydrogen-bond acceptors (Lipinski definition) is 3. The van der Waals surface area contributed by atoms with Crippen LogP contribution in [0.5, 0.6) is 0 Å². The summed E-state index contributed by atoms with van der Waals surface area (Å²) in [7, 11) is 0. The molecule has 0 aliphatic carbocycles. The Morgan fingerprint density at radius 2 is 1.93 bits per heavy atom. The van der Waals surface area contributed by atoms with Crippen LogP contribution < -0.4 is 0 Å². The number of aromatic nitrogens is 2. The molecule has 0 aliphatic rings. The van der Waals surface area contributed by atoms with E-state index in [1.807, 2.05) is 19.1 Å². The molecule has 0 spiro atoms. The van der Waals surface area contributed by atoms with Crippen LogP contribution in [0.2, 0.25) is 0 Å². The highest BCUT2D eigenvalue weighted by molar-refractivity contribution is 5.59. The summed E-state index contributed by atoms with van der Waals surface area (Å²) in [4.78, 5) is 4.19. The molecule has 1 aromatic carbocycles. The van der Waals surface area contributed by atoms with Crippen molar-refractivity contribution >= 4 is 0 Å². The van der Waals surface area contributed by atoms with E-state index in [1.54, 1.807) is 6.92 Å². The van der Waals surface area contributed by atoms with Crippen LogP contribution in [0, 0.1) is 20.8 Å². The van der Waals surface area contributed by atoms with Crippen molar-refractivity contribution in [3.8, 4) is 11.4 Å². The SMILES string of the molecule is Cc1ccc(-c2noc(C)n2)c(C)c1. The topological polar surface area (TPSA) is 38.9 Å². The van der Waals surface area contributed by atoms with E-state index < -0.39 is 0 Å². The van der Waals surface area contributed by atoms with E-state index in [4.69, 9.17) is 4.52 Å². The highest BCUT2D eigenvalue weighted by atomic mass is 16.5. The standard InChI is InChI=1S/C11H12N2O/c1-7-4-5-10(8(2)6-7)11-12-9(3)14-13-11/h4-6H,1-3H3. The molecule has 2 rings (SSSR count). The van der Waals surface area contributed by atoms with Crippen LogP contribution in [0.25, 0.3) is 11.4 Å². The average Bonchev–Trinajstić information content (AvgIpc) is 2.51. The lowest BCUT2D eigenvalue weighted by Crippen LogP contribution is -1.86. The fraction of sp³-hybridized carbons (Fsp3) is 0.273. The van der Waals surface area contributed by atoms with E-state index in [0.717, 1.165) is 5.56 Å². The van der Waals surface area contributed by atoms with Crippen molar-refractivity contribution in [2.24, 2.45) is 0 Å². The molecule has 0 atom stereocenters. The van der Waals surface area contributed by atoms with Crippen LogP contribution in [0.3, 0.4) is 0 Å². The first-order valence-electron chi connectivity index (χ1n) is 4.55. The summed E-state index contributed by atoms with van der Waals surface area (Å²) in [6, 6.07) is 6.18. The second-order valence-corrected chi connectivity index (χ2v) is 3.46. The Bertz CT molecular complexity index is 460. The highest BCUT2D eigenvalue weighted by Gasteiger charge is 2.07. The lowest BCUT2D eigenvalue weighted by Gasteiger charge is -2.01. The monoisotopic (exact) mass is 188 g/mol. The number of rotatable bonds is 1. The Morgan fingerprint density at radius 3 is 2.50 bits per heavy atom. The average molecular weight is 188 g/mol. The largest absolute Gasteiger partial charge is 0.339 e. The first-order chi connectivity index (χ1) is 6.66. The zero-order valence-corrected chi connectivity index (χ0v) is 8.53. The lowest BCUT2D eigenvalue weighted by atomic mass is 10.1. The third kappa shape index (κ3) is 1.53. The Kier molecular flexibility index (Phi) is 2.08. The van der Waals surface area contributed by atoms with Gasteiger partial charge in [0.1, 0.15) is 0 Å². The van der Waals surface area contributed by atoms with Gasteiger partial charge >= 0.3 is 0 Å². The summed E-state index contributed by atoms with van der Waals surface area (Å²) >= 11 is 0. The van der Waals surface area contributed by atoms with Gasteiger partial charge in [0.05, 0.1) is 0 Å². The third-order valence-electron chi connectivity index (χ3n) is 2.15. The Hall–Kier alpha value is -1.64. The number of aryl methyl sites for hydroxylation is 3. The smallest absolute Gasteiger partial charge is 0.223 e. The molecule has 14 heavy (non-hydrogen) atoms. The summed E-state index contributed by atoms with van der Waals surface area (Å²) in [5, 5.41) is 3.89. The molecule has 72 valence electrons. The van der Waals surface area contributed by atoms with Crippen LogP contribution in [0.4, 0.5) is 0 Å². The lowest BCUT2D eigenvalue weighted by molar-refractivity contribution is 0.394. The van der Waals surface area contributed by atoms with Crippen LogP contribution in [0.1, 0.15) is 17.0 Å². The summed E-state index contributed by atoms with van der Waals surface area (Å²) in [5.74, 6) is 1.26. The summed E-state index contributed by atoms with van der Waals surface area (Å²) in [6.45, 7) is 5.91. The predicted octanol–water partition coefficient (Wildman–Crippen LogP) is 2.66. The van der Waals surface area contributed by atoms with E-state index in [-0.39, 0.29) is 0 Å². The number of benzene rings is 1. The first kappa shape index (κ1) is 8.94. The molecule has 3 nitrogen and oxygen atoms in total. The first-order valence-corrected chi connectivity index (χ1v) is 4.55. The van der Waals surface area contributed by atoms with E-state index in [9.17, 15) is 0 Å². The quantitative estimate of drug-likeness (QED) is 0.690. The molecule has 2 aromatic rings. The van der Waals surface area contributed by atoms with Gasteiger partial charge in [-0.25, -0.2) is 0 Å². The van der Waals surface area contributed by atoms with Gasteiger partial charge in [0, 0.05) is 12.5 Å².